The highest BCUT2D eigenvalue weighted by Gasteiger charge is 2.03. The zero-order valence-corrected chi connectivity index (χ0v) is 16.9. The maximum absolute atomic E-state index is 4.47. The van der Waals surface area contributed by atoms with Crippen LogP contribution in [0.2, 0.25) is 0 Å². The molecule has 0 spiro atoms. The number of rotatable bonds is 7. The van der Waals surface area contributed by atoms with Gasteiger partial charge in [0.15, 0.2) is 5.96 Å². The molecule has 2 heterocycles. The average molecular weight is 449 g/mol. The maximum atomic E-state index is 4.47. The molecule has 0 fully saturated rings. The quantitative estimate of drug-likeness (QED) is 0.292. The van der Waals surface area contributed by atoms with E-state index in [0.717, 1.165) is 43.3 Å². The molecule has 0 amide bonds. The smallest absolute Gasteiger partial charge is 0.191 e. The third-order valence-electron chi connectivity index (χ3n) is 3.22. The first-order valence-corrected chi connectivity index (χ1v) is 8.25. The van der Waals surface area contributed by atoms with Crippen molar-refractivity contribution in [1.82, 2.24) is 30.4 Å². The fraction of sp³-hybridized carbons (Fsp3) is 0.571. The second-order valence-electron chi connectivity index (χ2n) is 4.99. The highest BCUT2D eigenvalue weighted by atomic mass is 127. The van der Waals surface area contributed by atoms with Crippen molar-refractivity contribution >= 4 is 41.3 Å². The van der Waals surface area contributed by atoms with Crippen molar-refractivity contribution in [3.05, 3.63) is 28.2 Å². The van der Waals surface area contributed by atoms with E-state index in [1.165, 1.54) is 5.01 Å². The lowest BCUT2D eigenvalue weighted by Crippen LogP contribution is -2.37. The van der Waals surface area contributed by atoms with Crippen molar-refractivity contribution in [3.8, 4) is 0 Å². The minimum absolute atomic E-state index is 0. The summed E-state index contributed by atoms with van der Waals surface area (Å²) in [7, 11) is 3.64. The van der Waals surface area contributed by atoms with Crippen LogP contribution in [0.4, 0.5) is 0 Å². The monoisotopic (exact) mass is 449 g/mol. The molecule has 0 unspecified atom stereocenters. The molecule has 2 N–H and O–H groups in total. The molecule has 0 aliphatic heterocycles. The van der Waals surface area contributed by atoms with Gasteiger partial charge >= 0.3 is 0 Å². The van der Waals surface area contributed by atoms with Crippen LogP contribution in [0.25, 0.3) is 0 Å². The lowest BCUT2D eigenvalue weighted by molar-refractivity contribution is 0.661. The summed E-state index contributed by atoms with van der Waals surface area (Å²) in [5.74, 6) is 1.66. The zero-order valence-electron chi connectivity index (χ0n) is 13.7. The van der Waals surface area contributed by atoms with E-state index in [0.29, 0.717) is 6.54 Å². The number of aromatic nitrogens is 4. The van der Waals surface area contributed by atoms with Crippen LogP contribution in [0.15, 0.2) is 16.7 Å². The summed E-state index contributed by atoms with van der Waals surface area (Å²) >= 11 is 1.74. The van der Waals surface area contributed by atoms with Crippen molar-refractivity contribution < 1.29 is 0 Å². The largest absolute Gasteiger partial charge is 0.356 e. The lowest BCUT2D eigenvalue weighted by atomic mass is 10.2. The first-order chi connectivity index (χ1) is 10.7. The van der Waals surface area contributed by atoms with Crippen molar-refractivity contribution in [2.75, 3.05) is 13.6 Å². The predicted molar refractivity (Wildman–Crippen MR) is 104 cm³/mol. The molecule has 0 atom stereocenters. The molecule has 0 radical (unpaired) electrons. The molecular weight excluding hydrogens is 425 g/mol. The Hall–Kier alpha value is -1.23. The van der Waals surface area contributed by atoms with Gasteiger partial charge in [-0.2, -0.15) is 5.10 Å². The molecule has 0 aliphatic rings. The second-order valence-corrected chi connectivity index (χ2v) is 5.93. The SMILES string of the molecule is CN=C(NCCCCc1nc(C)cs1)NCc1ncnn1C.I. The number of guanidine groups is 1. The maximum Gasteiger partial charge on any atom is 0.191 e. The van der Waals surface area contributed by atoms with E-state index < -0.39 is 0 Å². The second kappa shape index (κ2) is 10.5. The summed E-state index contributed by atoms with van der Waals surface area (Å²) in [4.78, 5) is 12.8. The Bertz CT molecular complexity index is 608. The van der Waals surface area contributed by atoms with E-state index in [9.17, 15) is 0 Å². The number of nitrogens with zero attached hydrogens (tertiary/aromatic N) is 5. The van der Waals surface area contributed by atoms with Crippen LogP contribution in [0, 0.1) is 6.92 Å². The third-order valence-corrected chi connectivity index (χ3v) is 4.25. The van der Waals surface area contributed by atoms with Crippen molar-refractivity contribution in [2.45, 2.75) is 32.7 Å². The molecule has 0 aliphatic carbocycles. The summed E-state index contributed by atoms with van der Waals surface area (Å²) in [6.07, 6.45) is 4.81. The molecule has 0 saturated heterocycles. The molecular formula is C14H24IN7S. The van der Waals surface area contributed by atoms with Gasteiger partial charge in [-0.05, 0) is 26.2 Å². The number of aryl methyl sites for hydroxylation is 3. The van der Waals surface area contributed by atoms with Crippen molar-refractivity contribution in [2.24, 2.45) is 12.0 Å². The van der Waals surface area contributed by atoms with Gasteiger partial charge in [-0.3, -0.25) is 9.67 Å². The fourth-order valence-corrected chi connectivity index (χ4v) is 2.81. The molecule has 2 rings (SSSR count). The number of aliphatic imine (C=N–C) groups is 1. The molecule has 7 nitrogen and oxygen atoms in total. The van der Waals surface area contributed by atoms with Gasteiger partial charge in [-0.25, -0.2) is 9.97 Å². The molecule has 23 heavy (non-hydrogen) atoms. The zero-order chi connectivity index (χ0) is 15.8. The number of hydrogen-bond acceptors (Lipinski definition) is 5. The van der Waals surface area contributed by atoms with Gasteiger partial charge in [-0.1, -0.05) is 0 Å². The fourth-order valence-electron chi connectivity index (χ4n) is 1.99. The van der Waals surface area contributed by atoms with Crippen LogP contribution in [0.3, 0.4) is 0 Å². The summed E-state index contributed by atoms with van der Waals surface area (Å²) < 4.78 is 1.75. The Balaban J connectivity index is 0.00000264. The van der Waals surface area contributed by atoms with E-state index in [2.05, 4.69) is 36.1 Å². The van der Waals surface area contributed by atoms with Crippen molar-refractivity contribution in [3.63, 3.8) is 0 Å². The first-order valence-electron chi connectivity index (χ1n) is 7.37. The predicted octanol–water partition coefficient (Wildman–Crippen LogP) is 1.89. The highest BCUT2D eigenvalue weighted by Crippen LogP contribution is 2.11. The lowest BCUT2D eigenvalue weighted by Gasteiger charge is -2.11. The Morgan fingerprint density at radius 1 is 1.35 bits per heavy atom. The van der Waals surface area contributed by atoms with E-state index in [4.69, 9.17) is 0 Å². The van der Waals surface area contributed by atoms with Crippen LogP contribution in [0.1, 0.15) is 29.4 Å². The van der Waals surface area contributed by atoms with Gasteiger partial charge in [-0.15, -0.1) is 35.3 Å². The van der Waals surface area contributed by atoms with Crippen molar-refractivity contribution in [1.29, 1.82) is 0 Å². The molecule has 2 aromatic heterocycles. The Morgan fingerprint density at radius 3 is 2.78 bits per heavy atom. The Morgan fingerprint density at radius 2 is 2.17 bits per heavy atom. The number of halogens is 1. The van der Waals surface area contributed by atoms with E-state index in [1.807, 2.05) is 14.0 Å². The van der Waals surface area contributed by atoms with Gasteiger partial charge in [0.25, 0.3) is 0 Å². The number of hydrogen-bond donors (Lipinski definition) is 2. The summed E-state index contributed by atoms with van der Waals surface area (Å²) in [5.41, 5.74) is 1.12. The van der Waals surface area contributed by atoms with Crippen LogP contribution >= 0.6 is 35.3 Å². The molecule has 128 valence electrons. The topological polar surface area (TPSA) is 80.0 Å². The first kappa shape index (κ1) is 19.8. The van der Waals surface area contributed by atoms with Gasteiger partial charge < -0.3 is 10.6 Å². The van der Waals surface area contributed by atoms with Crippen LogP contribution in [-0.2, 0) is 20.0 Å². The Kier molecular flexibility index (Phi) is 9.07. The molecule has 2 aromatic rings. The van der Waals surface area contributed by atoms with Gasteiger partial charge in [0.05, 0.1) is 11.6 Å². The van der Waals surface area contributed by atoms with Gasteiger partial charge in [0, 0.05) is 31.7 Å². The van der Waals surface area contributed by atoms with Gasteiger partial charge in [0.1, 0.15) is 12.2 Å². The minimum Gasteiger partial charge on any atom is -0.356 e. The van der Waals surface area contributed by atoms with Crippen LogP contribution in [0.5, 0.6) is 0 Å². The Labute approximate surface area is 158 Å². The number of nitrogens with one attached hydrogen (secondary N) is 2. The molecule has 0 bridgehead atoms. The van der Waals surface area contributed by atoms with E-state index >= 15 is 0 Å². The normalized spacial score (nSPS) is 11.2. The third kappa shape index (κ3) is 6.81. The number of thiazole rings is 1. The molecule has 0 aromatic carbocycles. The average Bonchev–Trinajstić information content (AvgIpc) is 3.10. The summed E-state index contributed by atoms with van der Waals surface area (Å²) in [6.45, 7) is 3.53. The summed E-state index contributed by atoms with van der Waals surface area (Å²) in [6, 6.07) is 0. The number of unbranched alkanes of at least 4 members (excludes halogenated alkanes) is 1. The van der Waals surface area contributed by atoms with Crippen LogP contribution in [-0.4, -0.2) is 39.3 Å². The van der Waals surface area contributed by atoms with E-state index in [1.54, 1.807) is 29.4 Å². The summed E-state index contributed by atoms with van der Waals surface area (Å²) in [5, 5.41) is 13.9. The van der Waals surface area contributed by atoms with E-state index in [-0.39, 0.29) is 24.0 Å². The van der Waals surface area contributed by atoms with Crippen LogP contribution < -0.4 is 10.6 Å². The standard InChI is InChI=1S/C14H23N7S.HI/c1-11-9-22-13(20-11)6-4-5-7-16-14(15-2)17-8-12-18-10-19-21(12)3;/h9-10H,4-8H2,1-3H3,(H2,15,16,17);1H. The highest BCUT2D eigenvalue weighted by molar-refractivity contribution is 14.0. The molecule has 9 heteroatoms. The minimum atomic E-state index is 0. The molecule has 0 saturated carbocycles. The van der Waals surface area contributed by atoms with Gasteiger partial charge in [0.2, 0.25) is 0 Å².